The van der Waals surface area contributed by atoms with Gasteiger partial charge in [-0.25, -0.2) is 0 Å². The standard InChI is InChI=1S/C12H15BrO2/c1-9-8-12(14,5-6-15-9)10-3-2-4-11(13)7-10/h2-4,7,9,14H,5-6,8H2,1H3/t9-,12-/m0/s1. The molecule has 1 aliphatic rings. The zero-order valence-corrected chi connectivity index (χ0v) is 10.3. The van der Waals surface area contributed by atoms with Crippen molar-refractivity contribution >= 4 is 15.9 Å². The predicted molar refractivity (Wildman–Crippen MR) is 62.7 cm³/mol. The van der Waals surface area contributed by atoms with Crippen LogP contribution < -0.4 is 0 Å². The molecule has 15 heavy (non-hydrogen) atoms. The van der Waals surface area contributed by atoms with Crippen LogP contribution in [0.3, 0.4) is 0 Å². The van der Waals surface area contributed by atoms with Crippen molar-refractivity contribution in [3.05, 3.63) is 34.3 Å². The molecule has 2 rings (SSSR count). The molecule has 0 bridgehead atoms. The summed E-state index contributed by atoms with van der Waals surface area (Å²) in [6.07, 6.45) is 1.47. The number of rotatable bonds is 1. The summed E-state index contributed by atoms with van der Waals surface area (Å²) in [5, 5.41) is 10.5. The van der Waals surface area contributed by atoms with Crippen molar-refractivity contribution in [3.8, 4) is 0 Å². The second kappa shape index (κ2) is 4.24. The average Bonchev–Trinajstić information content (AvgIpc) is 2.17. The van der Waals surface area contributed by atoms with E-state index in [1.165, 1.54) is 0 Å². The minimum atomic E-state index is -0.721. The Hall–Kier alpha value is -0.380. The maximum absolute atomic E-state index is 10.5. The molecule has 1 heterocycles. The third-order valence-corrected chi connectivity index (χ3v) is 3.40. The fourth-order valence-electron chi connectivity index (χ4n) is 2.11. The molecule has 0 radical (unpaired) electrons. The van der Waals surface area contributed by atoms with Crippen LogP contribution >= 0.6 is 15.9 Å². The van der Waals surface area contributed by atoms with Gasteiger partial charge in [-0.15, -0.1) is 0 Å². The SMILES string of the molecule is C[C@H]1C[C@](O)(c2cccc(Br)c2)CCO1. The van der Waals surface area contributed by atoms with Crippen LogP contribution in [0.2, 0.25) is 0 Å². The molecule has 2 atom stereocenters. The topological polar surface area (TPSA) is 29.5 Å². The van der Waals surface area contributed by atoms with Gasteiger partial charge in [-0.05, 0) is 24.6 Å². The van der Waals surface area contributed by atoms with Gasteiger partial charge in [0.15, 0.2) is 0 Å². The minimum absolute atomic E-state index is 0.128. The number of ether oxygens (including phenoxy) is 1. The minimum Gasteiger partial charge on any atom is -0.385 e. The summed E-state index contributed by atoms with van der Waals surface area (Å²) >= 11 is 3.43. The van der Waals surface area contributed by atoms with E-state index in [2.05, 4.69) is 15.9 Å². The summed E-state index contributed by atoms with van der Waals surface area (Å²) < 4.78 is 6.46. The van der Waals surface area contributed by atoms with Crippen LogP contribution in [0.25, 0.3) is 0 Å². The lowest BCUT2D eigenvalue weighted by molar-refractivity contribution is -0.101. The quantitative estimate of drug-likeness (QED) is 0.851. The summed E-state index contributed by atoms with van der Waals surface area (Å²) in [6.45, 7) is 2.63. The van der Waals surface area contributed by atoms with Gasteiger partial charge in [-0.3, -0.25) is 0 Å². The first-order chi connectivity index (χ1) is 7.10. The summed E-state index contributed by atoms with van der Waals surface area (Å²) in [6, 6.07) is 7.88. The zero-order chi connectivity index (χ0) is 10.9. The molecule has 1 aromatic carbocycles. The third kappa shape index (κ3) is 2.41. The molecule has 1 N–H and O–H groups in total. The number of hydrogen-bond donors (Lipinski definition) is 1. The van der Waals surface area contributed by atoms with E-state index >= 15 is 0 Å². The van der Waals surface area contributed by atoms with E-state index in [1.807, 2.05) is 31.2 Å². The van der Waals surface area contributed by atoms with Gasteiger partial charge in [0.25, 0.3) is 0 Å². The molecule has 82 valence electrons. The van der Waals surface area contributed by atoms with Gasteiger partial charge in [0.05, 0.1) is 18.3 Å². The van der Waals surface area contributed by atoms with Crippen LogP contribution in [0.15, 0.2) is 28.7 Å². The molecule has 1 aromatic rings. The van der Waals surface area contributed by atoms with E-state index in [1.54, 1.807) is 0 Å². The molecule has 0 spiro atoms. The van der Waals surface area contributed by atoms with Crippen molar-refractivity contribution in [1.29, 1.82) is 0 Å². The lowest BCUT2D eigenvalue weighted by Gasteiger charge is -2.36. The van der Waals surface area contributed by atoms with Crippen molar-refractivity contribution in [1.82, 2.24) is 0 Å². The molecule has 0 aromatic heterocycles. The van der Waals surface area contributed by atoms with Crippen molar-refractivity contribution in [2.45, 2.75) is 31.5 Å². The molecule has 1 saturated heterocycles. The third-order valence-electron chi connectivity index (χ3n) is 2.91. The Bertz CT molecular complexity index is 353. The largest absolute Gasteiger partial charge is 0.385 e. The fourth-order valence-corrected chi connectivity index (χ4v) is 2.50. The molecule has 1 aliphatic heterocycles. The Morgan fingerprint density at radius 2 is 2.33 bits per heavy atom. The Kier molecular flexibility index (Phi) is 3.14. The van der Waals surface area contributed by atoms with E-state index in [4.69, 9.17) is 4.74 Å². The Morgan fingerprint density at radius 1 is 1.53 bits per heavy atom. The second-order valence-electron chi connectivity index (χ2n) is 4.18. The van der Waals surface area contributed by atoms with Gasteiger partial charge >= 0.3 is 0 Å². The van der Waals surface area contributed by atoms with Gasteiger partial charge in [0.2, 0.25) is 0 Å². The molecule has 1 fully saturated rings. The first-order valence-electron chi connectivity index (χ1n) is 5.20. The maximum atomic E-state index is 10.5. The number of benzene rings is 1. The van der Waals surface area contributed by atoms with Crippen molar-refractivity contribution < 1.29 is 9.84 Å². The molecular weight excluding hydrogens is 256 g/mol. The van der Waals surface area contributed by atoms with Gasteiger partial charge in [-0.2, -0.15) is 0 Å². The van der Waals surface area contributed by atoms with Crippen molar-refractivity contribution in [2.24, 2.45) is 0 Å². The fraction of sp³-hybridized carbons (Fsp3) is 0.500. The van der Waals surface area contributed by atoms with Crippen LogP contribution in [-0.4, -0.2) is 17.8 Å². The van der Waals surface area contributed by atoms with Crippen LogP contribution in [0, 0.1) is 0 Å². The highest BCUT2D eigenvalue weighted by Gasteiger charge is 2.34. The van der Waals surface area contributed by atoms with E-state index in [-0.39, 0.29) is 6.10 Å². The highest BCUT2D eigenvalue weighted by Crippen LogP contribution is 2.35. The zero-order valence-electron chi connectivity index (χ0n) is 8.74. The molecule has 3 heteroatoms. The molecule has 0 aliphatic carbocycles. The van der Waals surface area contributed by atoms with Gasteiger partial charge in [0.1, 0.15) is 0 Å². The Morgan fingerprint density at radius 3 is 3.00 bits per heavy atom. The first kappa shape index (κ1) is 11.1. The van der Waals surface area contributed by atoms with Crippen LogP contribution in [0.1, 0.15) is 25.3 Å². The average molecular weight is 271 g/mol. The van der Waals surface area contributed by atoms with E-state index in [0.29, 0.717) is 19.4 Å². The number of halogens is 1. The molecule has 2 nitrogen and oxygen atoms in total. The van der Waals surface area contributed by atoms with E-state index in [9.17, 15) is 5.11 Å². The first-order valence-corrected chi connectivity index (χ1v) is 5.99. The summed E-state index contributed by atoms with van der Waals surface area (Å²) in [7, 11) is 0. The second-order valence-corrected chi connectivity index (χ2v) is 5.09. The van der Waals surface area contributed by atoms with Crippen LogP contribution in [-0.2, 0) is 10.3 Å². The lowest BCUT2D eigenvalue weighted by Crippen LogP contribution is -2.37. The highest BCUT2D eigenvalue weighted by atomic mass is 79.9. The number of aliphatic hydroxyl groups is 1. The Labute approximate surface area is 98.4 Å². The number of hydrogen-bond acceptors (Lipinski definition) is 2. The van der Waals surface area contributed by atoms with Crippen LogP contribution in [0.5, 0.6) is 0 Å². The van der Waals surface area contributed by atoms with Gasteiger partial charge < -0.3 is 9.84 Å². The van der Waals surface area contributed by atoms with Crippen molar-refractivity contribution in [3.63, 3.8) is 0 Å². The summed E-state index contributed by atoms with van der Waals surface area (Å²) in [4.78, 5) is 0. The molecule has 0 saturated carbocycles. The van der Waals surface area contributed by atoms with E-state index < -0.39 is 5.60 Å². The van der Waals surface area contributed by atoms with Crippen LogP contribution in [0.4, 0.5) is 0 Å². The monoisotopic (exact) mass is 270 g/mol. The normalized spacial score (nSPS) is 31.5. The van der Waals surface area contributed by atoms with Gasteiger partial charge in [-0.1, -0.05) is 28.1 Å². The van der Waals surface area contributed by atoms with Crippen molar-refractivity contribution in [2.75, 3.05) is 6.61 Å². The molecule has 0 amide bonds. The highest BCUT2D eigenvalue weighted by molar-refractivity contribution is 9.10. The maximum Gasteiger partial charge on any atom is 0.0943 e. The molecular formula is C12H15BrO2. The Balaban J connectivity index is 2.28. The smallest absolute Gasteiger partial charge is 0.0943 e. The molecule has 0 unspecified atom stereocenters. The van der Waals surface area contributed by atoms with E-state index in [0.717, 1.165) is 10.0 Å². The summed E-state index contributed by atoms with van der Waals surface area (Å²) in [5.41, 5.74) is 0.258. The van der Waals surface area contributed by atoms with Gasteiger partial charge in [0, 0.05) is 17.3 Å². The lowest BCUT2D eigenvalue weighted by atomic mass is 9.84. The summed E-state index contributed by atoms with van der Waals surface area (Å²) in [5.74, 6) is 0. The predicted octanol–water partition coefficient (Wildman–Crippen LogP) is 2.84.